The van der Waals surface area contributed by atoms with E-state index in [4.69, 9.17) is 19.8 Å². The van der Waals surface area contributed by atoms with Gasteiger partial charge in [0, 0.05) is 30.5 Å². The summed E-state index contributed by atoms with van der Waals surface area (Å²) < 4.78 is 11.8. The first-order valence-electron chi connectivity index (χ1n) is 11.1. The summed E-state index contributed by atoms with van der Waals surface area (Å²) in [6.07, 6.45) is 1.97. The molecule has 4 rings (SSSR count). The molecule has 1 aliphatic carbocycles. The van der Waals surface area contributed by atoms with Gasteiger partial charge in [-0.25, -0.2) is 14.8 Å². The molecule has 8 nitrogen and oxygen atoms in total. The van der Waals surface area contributed by atoms with Gasteiger partial charge in [-0.15, -0.1) is 0 Å². The first-order valence-corrected chi connectivity index (χ1v) is 11.1. The van der Waals surface area contributed by atoms with Crippen molar-refractivity contribution in [2.24, 2.45) is 0 Å². The van der Waals surface area contributed by atoms with E-state index in [-0.39, 0.29) is 30.0 Å². The Morgan fingerprint density at radius 2 is 1.71 bits per heavy atom. The number of nitriles is 1. The molecule has 1 fully saturated rings. The zero-order chi connectivity index (χ0) is 24.1. The molecule has 0 bridgehead atoms. The molecule has 1 saturated carbocycles. The minimum Gasteiger partial charge on any atom is -0.490 e. The van der Waals surface area contributed by atoms with Crippen molar-refractivity contribution in [3.8, 4) is 17.6 Å². The smallest absolute Gasteiger partial charge is 0.404 e. The van der Waals surface area contributed by atoms with Gasteiger partial charge in [0.05, 0.1) is 5.69 Å². The van der Waals surface area contributed by atoms with Gasteiger partial charge < -0.3 is 19.9 Å². The van der Waals surface area contributed by atoms with Crippen molar-refractivity contribution in [1.82, 2.24) is 15.3 Å². The van der Waals surface area contributed by atoms with E-state index >= 15 is 0 Å². The lowest BCUT2D eigenvalue weighted by molar-refractivity contribution is 0.0833. The molecule has 1 amide bonds. The molecule has 3 aromatic rings. The Balaban J connectivity index is 1.34. The van der Waals surface area contributed by atoms with Crippen LogP contribution in [0.5, 0.6) is 11.5 Å². The maximum Gasteiger partial charge on any atom is 0.404 e. The molecule has 174 valence electrons. The molecule has 0 spiro atoms. The van der Waals surface area contributed by atoms with Crippen LogP contribution in [-0.2, 0) is 12.0 Å². The second-order valence-electron chi connectivity index (χ2n) is 8.80. The molecule has 1 aromatic heterocycles. The third kappa shape index (κ3) is 5.44. The number of benzene rings is 2. The quantitative estimate of drug-likeness (QED) is 0.513. The Morgan fingerprint density at radius 1 is 1.09 bits per heavy atom. The fourth-order valence-corrected chi connectivity index (χ4v) is 3.92. The molecule has 1 aliphatic rings. The number of nitrogens with zero attached hydrogens (tertiary/aromatic N) is 3. The fourth-order valence-electron chi connectivity index (χ4n) is 3.92. The topological polar surface area (TPSA) is 117 Å². The van der Waals surface area contributed by atoms with Crippen molar-refractivity contribution < 1.29 is 19.4 Å². The van der Waals surface area contributed by atoms with Gasteiger partial charge in [-0.05, 0) is 41.5 Å². The standard InChI is InChI=1S/C26H26N4O4/c1-26(2,18-5-9-22(10-6-18)34-23-13-20(14-23)30-25(31)32)17-3-7-21(8-4-17)33-16-19-11-12-28-24(15-27)29-19/h3-12,20,23,30H,13-14,16H2,1-2H3,(H,31,32)/t20-,23-. The van der Waals surface area contributed by atoms with Crippen LogP contribution in [0.4, 0.5) is 4.79 Å². The largest absolute Gasteiger partial charge is 0.490 e. The van der Waals surface area contributed by atoms with Gasteiger partial charge in [0.25, 0.3) is 0 Å². The number of carboxylic acid groups (broad SMARTS) is 1. The van der Waals surface area contributed by atoms with Crippen LogP contribution >= 0.6 is 0 Å². The second-order valence-corrected chi connectivity index (χ2v) is 8.80. The number of nitrogens with one attached hydrogen (secondary N) is 1. The Hall–Kier alpha value is -4.12. The van der Waals surface area contributed by atoms with E-state index in [2.05, 4.69) is 41.3 Å². The lowest BCUT2D eigenvalue weighted by atomic mass is 9.78. The summed E-state index contributed by atoms with van der Waals surface area (Å²) in [5, 5.41) is 20.1. The van der Waals surface area contributed by atoms with Gasteiger partial charge in [-0.3, -0.25) is 0 Å². The first kappa shape index (κ1) is 23.1. The highest BCUT2D eigenvalue weighted by Gasteiger charge is 2.32. The number of amides is 1. The maximum absolute atomic E-state index is 10.7. The van der Waals surface area contributed by atoms with E-state index in [0.29, 0.717) is 18.5 Å². The Morgan fingerprint density at radius 3 is 2.29 bits per heavy atom. The summed E-state index contributed by atoms with van der Waals surface area (Å²) in [5.41, 5.74) is 2.72. The van der Waals surface area contributed by atoms with E-state index in [1.54, 1.807) is 12.3 Å². The molecule has 0 radical (unpaired) electrons. The molecule has 0 unspecified atom stereocenters. The fraction of sp³-hybridized carbons (Fsp3) is 0.308. The summed E-state index contributed by atoms with van der Waals surface area (Å²) in [6, 6.07) is 19.6. The molecule has 0 aliphatic heterocycles. The minimum atomic E-state index is -0.991. The van der Waals surface area contributed by atoms with Gasteiger partial charge in [-0.2, -0.15) is 5.26 Å². The molecular formula is C26H26N4O4. The van der Waals surface area contributed by atoms with Crippen molar-refractivity contribution in [3.63, 3.8) is 0 Å². The molecule has 0 saturated heterocycles. The van der Waals surface area contributed by atoms with Gasteiger partial charge in [0.1, 0.15) is 30.3 Å². The minimum absolute atomic E-state index is 0.0244. The monoisotopic (exact) mass is 458 g/mol. The number of carbonyl (C=O) groups is 1. The average molecular weight is 459 g/mol. The number of hydrogen-bond donors (Lipinski definition) is 2. The van der Waals surface area contributed by atoms with Gasteiger partial charge in [0.2, 0.25) is 5.82 Å². The van der Waals surface area contributed by atoms with E-state index in [1.807, 2.05) is 42.5 Å². The van der Waals surface area contributed by atoms with Crippen LogP contribution in [0.2, 0.25) is 0 Å². The second kappa shape index (κ2) is 9.79. The summed E-state index contributed by atoms with van der Waals surface area (Å²) in [7, 11) is 0. The Kier molecular flexibility index (Phi) is 6.64. The van der Waals surface area contributed by atoms with Crippen LogP contribution < -0.4 is 14.8 Å². The number of aromatic nitrogens is 2. The Labute approximate surface area is 198 Å². The summed E-state index contributed by atoms with van der Waals surface area (Å²) in [6.45, 7) is 4.59. The van der Waals surface area contributed by atoms with E-state index in [0.717, 1.165) is 22.6 Å². The van der Waals surface area contributed by atoms with E-state index < -0.39 is 6.09 Å². The van der Waals surface area contributed by atoms with Crippen molar-refractivity contribution in [2.45, 2.75) is 50.9 Å². The zero-order valence-corrected chi connectivity index (χ0v) is 19.1. The van der Waals surface area contributed by atoms with Crippen LogP contribution in [0.15, 0.2) is 60.8 Å². The highest BCUT2D eigenvalue weighted by Crippen LogP contribution is 2.34. The van der Waals surface area contributed by atoms with Crippen LogP contribution in [0, 0.1) is 11.3 Å². The van der Waals surface area contributed by atoms with Crippen molar-refractivity contribution in [3.05, 3.63) is 83.4 Å². The predicted octanol–water partition coefficient (Wildman–Crippen LogP) is 4.43. The van der Waals surface area contributed by atoms with E-state index in [9.17, 15) is 4.79 Å². The molecular weight excluding hydrogens is 432 g/mol. The Bertz CT molecular complexity index is 1180. The van der Waals surface area contributed by atoms with Crippen molar-refractivity contribution >= 4 is 6.09 Å². The van der Waals surface area contributed by atoms with Crippen LogP contribution in [0.1, 0.15) is 49.3 Å². The summed E-state index contributed by atoms with van der Waals surface area (Å²) in [5.74, 6) is 1.63. The lowest BCUT2D eigenvalue weighted by Gasteiger charge is -2.35. The summed E-state index contributed by atoms with van der Waals surface area (Å²) >= 11 is 0. The third-order valence-electron chi connectivity index (χ3n) is 6.08. The lowest BCUT2D eigenvalue weighted by Crippen LogP contribution is -2.48. The number of hydrogen-bond acceptors (Lipinski definition) is 6. The van der Waals surface area contributed by atoms with Crippen LogP contribution in [0.3, 0.4) is 0 Å². The maximum atomic E-state index is 10.7. The zero-order valence-electron chi connectivity index (χ0n) is 19.1. The average Bonchev–Trinajstić information content (AvgIpc) is 2.82. The van der Waals surface area contributed by atoms with Crippen LogP contribution in [0.25, 0.3) is 0 Å². The van der Waals surface area contributed by atoms with E-state index in [1.165, 1.54) is 0 Å². The predicted molar refractivity (Wildman–Crippen MR) is 125 cm³/mol. The number of ether oxygens (including phenoxy) is 2. The normalized spacial score (nSPS) is 17.2. The van der Waals surface area contributed by atoms with Gasteiger partial charge in [0.15, 0.2) is 0 Å². The molecule has 2 aromatic carbocycles. The molecule has 2 N–H and O–H groups in total. The van der Waals surface area contributed by atoms with Crippen molar-refractivity contribution in [2.75, 3.05) is 0 Å². The number of rotatable bonds is 8. The SMILES string of the molecule is CC(C)(c1ccc(OCc2ccnc(C#N)n2)cc1)c1ccc(O[C@H]2C[C@H](NC(=O)O)C2)cc1. The molecule has 0 atom stereocenters. The van der Waals surface area contributed by atoms with Crippen LogP contribution in [-0.4, -0.2) is 33.3 Å². The summed E-state index contributed by atoms with van der Waals surface area (Å²) in [4.78, 5) is 18.7. The molecule has 1 heterocycles. The van der Waals surface area contributed by atoms with Gasteiger partial charge >= 0.3 is 6.09 Å². The van der Waals surface area contributed by atoms with Crippen molar-refractivity contribution in [1.29, 1.82) is 5.26 Å². The third-order valence-corrected chi connectivity index (χ3v) is 6.08. The highest BCUT2D eigenvalue weighted by atomic mass is 16.5. The highest BCUT2D eigenvalue weighted by molar-refractivity contribution is 5.65. The molecule has 8 heteroatoms. The molecule has 34 heavy (non-hydrogen) atoms. The van der Waals surface area contributed by atoms with Gasteiger partial charge in [-0.1, -0.05) is 38.1 Å². The first-order chi connectivity index (χ1) is 16.3.